The SMILES string of the molecule is CN1CCNc2cc(-c3cn[nH]c3)ccc21. The van der Waals surface area contributed by atoms with E-state index in [0.717, 1.165) is 18.7 Å². The molecule has 0 amide bonds. The number of nitrogens with zero attached hydrogens (tertiary/aromatic N) is 2. The Bertz CT molecular complexity index is 490. The molecule has 1 aliphatic rings. The smallest absolute Gasteiger partial charge is 0.0600 e. The number of fused-ring (bicyclic) bond motifs is 1. The van der Waals surface area contributed by atoms with Gasteiger partial charge in [-0.05, 0) is 17.7 Å². The highest BCUT2D eigenvalue weighted by molar-refractivity contribution is 5.78. The fourth-order valence-electron chi connectivity index (χ4n) is 2.08. The Labute approximate surface area is 94.3 Å². The molecule has 1 aromatic carbocycles. The number of rotatable bonds is 1. The van der Waals surface area contributed by atoms with Gasteiger partial charge in [0, 0.05) is 31.9 Å². The molecule has 16 heavy (non-hydrogen) atoms. The molecule has 0 saturated carbocycles. The van der Waals surface area contributed by atoms with E-state index in [2.05, 4.69) is 45.7 Å². The third-order valence-electron chi connectivity index (χ3n) is 3.00. The van der Waals surface area contributed by atoms with Crippen LogP contribution in [-0.4, -0.2) is 30.3 Å². The van der Waals surface area contributed by atoms with Crippen molar-refractivity contribution in [3.63, 3.8) is 0 Å². The first kappa shape index (κ1) is 9.27. The average molecular weight is 214 g/mol. The molecule has 2 N–H and O–H groups in total. The van der Waals surface area contributed by atoms with Gasteiger partial charge in [-0.2, -0.15) is 5.10 Å². The second-order valence-electron chi connectivity index (χ2n) is 4.07. The van der Waals surface area contributed by atoms with Crippen molar-refractivity contribution in [2.45, 2.75) is 0 Å². The van der Waals surface area contributed by atoms with Crippen molar-refractivity contribution in [2.75, 3.05) is 30.4 Å². The molecule has 1 aliphatic heterocycles. The Morgan fingerprint density at radius 2 is 2.25 bits per heavy atom. The molecule has 0 unspecified atom stereocenters. The number of hydrogen-bond acceptors (Lipinski definition) is 3. The predicted octanol–water partition coefficient (Wildman–Crippen LogP) is 1.94. The summed E-state index contributed by atoms with van der Waals surface area (Å²) in [5.41, 5.74) is 4.78. The van der Waals surface area contributed by atoms with Crippen LogP contribution >= 0.6 is 0 Å². The van der Waals surface area contributed by atoms with E-state index in [1.54, 1.807) is 0 Å². The number of aromatic nitrogens is 2. The molecule has 0 atom stereocenters. The Kier molecular flexibility index (Phi) is 2.06. The number of nitrogens with one attached hydrogen (secondary N) is 2. The molecular formula is C12H14N4. The largest absolute Gasteiger partial charge is 0.382 e. The second-order valence-corrected chi connectivity index (χ2v) is 4.07. The Morgan fingerprint density at radius 1 is 1.31 bits per heavy atom. The zero-order chi connectivity index (χ0) is 11.0. The number of hydrogen-bond donors (Lipinski definition) is 2. The van der Waals surface area contributed by atoms with E-state index in [-0.39, 0.29) is 0 Å². The lowest BCUT2D eigenvalue weighted by atomic mass is 10.1. The summed E-state index contributed by atoms with van der Waals surface area (Å²) in [5, 5.41) is 10.2. The van der Waals surface area contributed by atoms with Gasteiger partial charge in [0.25, 0.3) is 0 Å². The summed E-state index contributed by atoms with van der Waals surface area (Å²) in [5.74, 6) is 0. The maximum absolute atomic E-state index is 3.97. The molecule has 0 fully saturated rings. The normalized spacial score (nSPS) is 14.4. The van der Waals surface area contributed by atoms with E-state index >= 15 is 0 Å². The van der Waals surface area contributed by atoms with Gasteiger partial charge in [-0.25, -0.2) is 0 Å². The van der Waals surface area contributed by atoms with Crippen molar-refractivity contribution < 1.29 is 0 Å². The number of anilines is 2. The minimum absolute atomic E-state index is 0.998. The fraction of sp³-hybridized carbons (Fsp3) is 0.250. The maximum atomic E-state index is 3.97. The quantitative estimate of drug-likeness (QED) is 0.762. The molecule has 4 nitrogen and oxygen atoms in total. The molecule has 0 spiro atoms. The molecule has 2 aromatic rings. The van der Waals surface area contributed by atoms with Crippen LogP contribution < -0.4 is 10.2 Å². The zero-order valence-electron chi connectivity index (χ0n) is 9.20. The maximum Gasteiger partial charge on any atom is 0.0600 e. The fourth-order valence-corrected chi connectivity index (χ4v) is 2.08. The topological polar surface area (TPSA) is 44.0 Å². The Morgan fingerprint density at radius 3 is 3.06 bits per heavy atom. The summed E-state index contributed by atoms with van der Waals surface area (Å²) in [6, 6.07) is 6.47. The first-order valence-electron chi connectivity index (χ1n) is 5.43. The summed E-state index contributed by atoms with van der Waals surface area (Å²) < 4.78 is 0. The predicted molar refractivity (Wildman–Crippen MR) is 65.8 cm³/mol. The summed E-state index contributed by atoms with van der Waals surface area (Å²) in [6.07, 6.45) is 3.75. The third-order valence-corrected chi connectivity index (χ3v) is 3.00. The highest BCUT2D eigenvalue weighted by Gasteiger charge is 2.13. The van der Waals surface area contributed by atoms with Gasteiger partial charge >= 0.3 is 0 Å². The number of benzene rings is 1. The zero-order valence-corrected chi connectivity index (χ0v) is 9.20. The van der Waals surface area contributed by atoms with Crippen molar-refractivity contribution in [3.05, 3.63) is 30.6 Å². The molecule has 0 saturated heterocycles. The average Bonchev–Trinajstić information content (AvgIpc) is 2.82. The van der Waals surface area contributed by atoms with Crippen molar-refractivity contribution in [1.82, 2.24) is 10.2 Å². The molecule has 4 heteroatoms. The van der Waals surface area contributed by atoms with Gasteiger partial charge in [-0.1, -0.05) is 6.07 Å². The van der Waals surface area contributed by atoms with Gasteiger partial charge in [-0.3, -0.25) is 5.10 Å². The molecular weight excluding hydrogens is 200 g/mol. The van der Waals surface area contributed by atoms with Crippen LogP contribution in [0.5, 0.6) is 0 Å². The molecule has 82 valence electrons. The number of aromatic amines is 1. The van der Waals surface area contributed by atoms with Crippen LogP contribution in [0.1, 0.15) is 0 Å². The monoisotopic (exact) mass is 214 g/mol. The number of H-pyrrole nitrogens is 1. The first-order valence-corrected chi connectivity index (χ1v) is 5.43. The van der Waals surface area contributed by atoms with Gasteiger partial charge in [-0.15, -0.1) is 0 Å². The van der Waals surface area contributed by atoms with Crippen LogP contribution in [0, 0.1) is 0 Å². The second kappa shape index (κ2) is 3.56. The summed E-state index contributed by atoms with van der Waals surface area (Å²) >= 11 is 0. The van der Waals surface area contributed by atoms with E-state index in [1.807, 2.05) is 12.4 Å². The molecule has 0 bridgehead atoms. The molecule has 0 aliphatic carbocycles. The van der Waals surface area contributed by atoms with Crippen LogP contribution in [-0.2, 0) is 0 Å². The standard InChI is InChI=1S/C12H14N4/c1-16-5-4-13-11-6-9(2-3-12(11)16)10-7-14-15-8-10/h2-3,6-8,13H,4-5H2,1H3,(H,14,15). The summed E-state index contributed by atoms with van der Waals surface area (Å²) in [6.45, 7) is 2.05. The van der Waals surface area contributed by atoms with Gasteiger partial charge < -0.3 is 10.2 Å². The highest BCUT2D eigenvalue weighted by atomic mass is 15.2. The third kappa shape index (κ3) is 1.43. The van der Waals surface area contributed by atoms with Gasteiger partial charge in [0.15, 0.2) is 0 Å². The lowest BCUT2D eigenvalue weighted by Crippen LogP contribution is -2.30. The molecule has 3 rings (SSSR count). The van der Waals surface area contributed by atoms with E-state index in [4.69, 9.17) is 0 Å². The van der Waals surface area contributed by atoms with E-state index in [9.17, 15) is 0 Å². The van der Waals surface area contributed by atoms with Crippen LogP contribution in [0.15, 0.2) is 30.6 Å². The number of likely N-dealkylation sites (N-methyl/N-ethyl adjacent to an activating group) is 1. The van der Waals surface area contributed by atoms with Gasteiger partial charge in [0.1, 0.15) is 0 Å². The Hall–Kier alpha value is -1.97. The van der Waals surface area contributed by atoms with Crippen LogP contribution in [0.2, 0.25) is 0 Å². The van der Waals surface area contributed by atoms with Crippen LogP contribution in [0.25, 0.3) is 11.1 Å². The van der Waals surface area contributed by atoms with Crippen molar-refractivity contribution in [2.24, 2.45) is 0 Å². The van der Waals surface area contributed by atoms with Crippen LogP contribution in [0.3, 0.4) is 0 Å². The minimum atomic E-state index is 0.998. The lowest BCUT2D eigenvalue weighted by molar-refractivity contribution is 0.887. The lowest BCUT2D eigenvalue weighted by Gasteiger charge is -2.28. The van der Waals surface area contributed by atoms with Crippen molar-refractivity contribution in [3.8, 4) is 11.1 Å². The molecule has 0 radical (unpaired) electrons. The minimum Gasteiger partial charge on any atom is -0.382 e. The summed E-state index contributed by atoms with van der Waals surface area (Å²) in [4.78, 5) is 2.27. The van der Waals surface area contributed by atoms with Gasteiger partial charge in [0.05, 0.1) is 17.6 Å². The van der Waals surface area contributed by atoms with E-state index in [0.29, 0.717) is 0 Å². The van der Waals surface area contributed by atoms with Gasteiger partial charge in [0.2, 0.25) is 0 Å². The summed E-state index contributed by atoms with van der Waals surface area (Å²) in [7, 11) is 2.12. The molecule has 1 aromatic heterocycles. The van der Waals surface area contributed by atoms with Crippen LogP contribution in [0.4, 0.5) is 11.4 Å². The van der Waals surface area contributed by atoms with E-state index < -0.39 is 0 Å². The van der Waals surface area contributed by atoms with Crippen molar-refractivity contribution >= 4 is 11.4 Å². The van der Waals surface area contributed by atoms with Crippen molar-refractivity contribution in [1.29, 1.82) is 0 Å². The molecule has 2 heterocycles. The van der Waals surface area contributed by atoms with E-state index in [1.165, 1.54) is 16.9 Å². The first-order chi connectivity index (χ1) is 7.84. The highest BCUT2D eigenvalue weighted by Crippen LogP contribution is 2.32. The Balaban J connectivity index is 2.05.